The van der Waals surface area contributed by atoms with Gasteiger partial charge in [-0.3, -0.25) is 0 Å². The molecular formula is C14H23NO. The third-order valence-corrected chi connectivity index (χ3v) is 4.23. The fourth-order valence-electron chi connectivity index (χ4n) is 2.88. The quantitative estimate of drug-likeness (QED) is 0.849. The average molecular weight is 221 g/mol. The van der Waals surface area contributed by atoms with Gasteiger partial charge in [0.1, 0.15) is 5.76 Å². The van der Waals surface area contributed by atoms with Crippen LogP contribution in [0.4, 0.5) is 0 Å². The largest absolute Gasteiger partial charge is 0.469 e. The molecule has 16 heavy (non-hydrogen) atoms. The summed E-state index contributed by atoms with van der Waals surface area (Å²) in [7, 11) is 0. The second kappa shape index (κ2) is 4.25. The van der Waals surface area contributed by atoms with Gasteiger partial charge in [-0.25, -0.2) is 0 Å². The van der Waals surface area contributed by atoms with Gasteiger partial charge >= 0.3 is 0 Å². The predicted molar refractivity (Wildman–Crippen MR) is 66.3 cm³/mol. The molecule has 0 saturated heterocycles. The van der Waals surface area contributed by atoms with Crippen molar-refractivity contribution in [2.75, 3.05) is 6.54 Å². The van der Waals surface area contributed by atoms with E-state index in [4.69, 9.17) is 10.2 Å². The Morgan fingerprint density at radius 2 is 1.94 bits per heavy atom. The molecule has 90 valence electrons. The summed E-state index contributed by atoms with van der Waals surface area (Å²) in [6, 6.07) is 4.11. The van der Waals surface area contributed by atoms with Gasteiger partial charge in [0.2, 0.25) is 0 Å². The van der Waals surface area contributed by atoms with Gasteiger partial charge < -0.3 is 10.2 Å². The molecule has 1 aromatic rings. The number of hydrogen-bond acceptors (Lipinski definition) is 2. The minimum Gasteiger partial charge on any atom is -0.469 e. The van der Waals surface area contributed by atoms with Crippen molar-refractivity contribution in [3.05, 3.63) is 24.2 Å². The van der Waals surface area contributed by atoms with Gasteiger partial charge in [0, 0.05) is 5.41 Å². The fraction of sp³-hybridized carbons (Fsp3) is 0.714. The smallest absolute Gasteiger partial charge is 0.109 e. The van der Waals surface area contributed by atoms with Crippen molar-refractivity contribution in [1.82, 2.24) is 0 Å². The maximum absolute atomic E-state index is 5.78. The first-order chi connectivity index (χ1) is 7.58. The molecule has 2 rings (SSSR count). The van der Waals surface area contributed by atoms with E-state index in [0.717, 1.165) is 18.7 Å². The van der Waals surface area contributed by atoms with Gasteiger partial charge in [0.15, 0.2) is 0 Å². The molecular weight excluding hydrogens is 198 g/mol. The Balaban J connectivity index is 2.19. The lowest BCUT2D eigenvalue weighted by molar-refractivity contribution is 0.137. The van der Waals surface area contributed by atoms with Crippen LogP contribution in [0, 0.1) is 5.41 Å². The van der Waals surface area contributed by atoms with Gasteiger partial charge in [-0.05, 0) is 56.2 Å². The molecule has 0 radical (unpaired) electrons. The molecule has 2 N–H and O–H groups in total. The first kappa shape index (κ1) is 11.7. The number of hydrogen-bond donors (Lipinski definition) is 1. The Labute approximate surface area is 98.2 Å². The van der Waals surface area contributed by atoms with Crippen LogP contribution >= 0.6 is 0 Å². The zero-order chi connectivity index (χ0) is 11.6. The monoisotopic (exact) mass is 221 g/mol. The first-order valence-electron chi connectivity index (χ1n) is 6.32. The molecule has 2 heteroatoms. The van der Waals surface area contributed by atoms with E-state index in [1.165, 1.54) is 25.7 Å². The lowest BCUT2D eigenvalue weighted by Gasteiger charge is -2.42. The number of furan rings is 1. The van der Waals surface area contributed by atoms with Crippen LogP contribution in [0.25, 0.3) is 0 Å². The Hall–Kier alpha value is -0.760. The summed E-state index contributed by atoms with van der Waals surface area (Å²) in [6.07, 6.45) is 7.81. The van der Waals surface area contributed by atoms with Crippen LogP contribution in [0.3, 0.4) is 0 Å². The molecule has 0 aliphatic heterocycles. The number of nitrogens with two attached hydrogens (primary N) is 1. The normalized spacial score (nSPS) is 23.2. The van der Waals surface area contributed by atoms with Gasteiger partial charge in [-0.15, -0.1) is 0 Å². The summed E-state index contributed by atoms with van der Waals surface area (Å²) in [6.45, 7) is 5.48. The highest BCUT2D eigenvalue weighted by Crippen LogP contribution is 2.48. The van der Waals surface area contributed by atoms with Crippen molar-refractivity contribution in [1.29, 1.82) is 0 Å². The van der Waals surface area contributed by atoms with Crippen molar-refractivity contribution in [2.45, 2.75) is 51.4 Å². The van der Waals surface area contributed by atoms with Crippen LogP contribution in [-0.4, -0.2) is 6.54 Å². The third kappa shape index (κ3) is 2.17. The van der Waals surface area contributed by atoms with Gasteiger partial charge in [0.25, 0.3) is 0 Å². The van der Waals surface area contributed by atoms with Crippen LogP contribution in [0.2, 0.25) is 0 Å². The minimum atomic E-state index is 0.216. The van der Waals surface area contributed by atoms with E-state index in [-0.39, 0.29) is 5.41 Å². The minimum absolute atomic E-state index is 0.216. The highest BCUT2D eigenvalue weighted by molar-refractivity contribution is 5.16. The van der Waals surface area contributed by atoms with Crippen LogP contribution in [0.1, 0.15) is 51.7 Å². The second-order valence-electron chi connectivity index (χ2n) is 5.96. The van der Waals surface area contributed by atoms with E-state index in [9.17, 15) is 0 Å². The van der Waals surface area contributed by atoms with Crippen molar-refractivity contribution in [2.24, 2.45) is 11.1 Å². The van der Waals surface area contributed by atoms with Gasteiger partial charge in [-0.2, -0.15) is 0 Å². The molecule has 0 atom stereocenters. The van der Waals surface area contributed by atoms with Crippen LogP contribution in [0.5, 0.6) is 0 Å². The SMILES string of the molecule is CC1(C)CCC(CCN)(c2ccco2)CC1. The molecule has 1 saturated carbocycles. The molecule has 0 spiro atoms. The van der Waals surface area contributed by atoms with Gasteiger partial charge in [-0.1, -0.05) is 13.8 Å². The van der Waals surface area contributed by atoms with Crippen molar-refractivity contribution in [3.8, 4) is 0 Å². The maximum atomic E-state index is 5.78. The summed E-state index contributed by atoms with van der Waals surface area (Å²) in [5.74, 6) is 1.15. The van der Waals surface area contributed by atoms with E-state index < -0.39 is 0 Å². The summed E-state index contributed by atoms with van der Waals surface area (Å²) in [5.41, 5.74) is 6.48. The lowest BCUT2D eigenvalue weighted by Crippen LogP contribution is -2.36. The standard InChI is InChI=1S/C14H23NO/c1-13(2)5-7-14(8-6-13,9-10-15)12-4-3-11-16-12/h3-4,11H,5-10,15H2,1-2H3. The Kier molecular flexibility index (Phi) is 3.11. The van der Waals surface area contributed by atoms with Crippen molar-refractivity contribution >= 4 is 0 Å². The molecule has 1 heterocycles. The van der Waals surface area contributed by atoms with Crippen molar-refractivity contribution in [3.63, 3.8) is 0 Å². The van der Waals surface area contributed by atoms with E-state index in [1.54, 1.807) is 6.26 Å². The van der Waals surface area contributed by atoms with E-state index in [1.807, 2.05) is 6.07 Å². The third-order valence-electron chi connectivity index (χ3n) is 4.23. The Morgan fingerprint density at radius 3 is 2.44 bits per heavy atom. The van der Waals surface area contributed by atoms with E-state index in [2.05, 4.69) is 19.9 Å². The topological polar surface area (TPSA) is 39.2 Å². The summed E-state index contributed by atoms with van der Waals surface area (Å²) >= 11 is 0. The highest BCUT2D eigenvalue weighted by Gasteiger charge is 2.40. The molecule has 2 nitrogen and oxygen atoms in total. The molecule has 0 aromatic carbocycles. The zero-order valence-electron chi connectivity index (χ0n) is 10.5. The maximum Gasteiger partial charge on any atom is 0.109 e. The molecule has 1 aliphatic rings. The molecule has 1 fully saturated rings. The summed E-state index contributed by atoms with van der Waals surface area (Å²) < 4.78 is 5.64. The molecule has 1 aromatic heterocycles. The first-order valence-corrected chi connectivity index (χ1v) is 6.32. The Morgan fingerprint density at radius 1 is 1.25 bits per heavy atom. The molecule has 0 unspecified atom stereocenters. The molecule has 0 bridgehead atoms. The Bertz CT molecular complexity index is 317. The van der Waals surface area contributed by atoms with Crippen LogP contribution in [0.15, 0.2) is 22.8 Å². The second-order valence-corrected chi connectivity index (χ2v) is 5.96. The fourth-order valence-corrected chi connectivity index (χ4v) is 2.88. The van der Waals surface area contributed by atoms with Gasteiger partial charge in [0.05, 0.1) is 6.26 Å². The number of rotatable bonds is 3. The summed E-state index contributed by atoms with van der Waals surface area (Å²) in [5, 5.41) is 0. The van der Waals surface area contributed by atoms with Crippen molar-refractivity contribution < 1.29 is 4.42 Å². The predicted octanol–water partition coefficient (Wildman–Crippen LogP) is 3.47. The van der Waals surface area contributed by atoms with Crippen LogP contribution in [-0.2, 0) is 5.41 Å². The summed E-state index contributed by atoms with van der Waals surface area (Å²) in [4.78, 5) is 0. The zero-order valence-corrected chi connectivity index (χ0v) is 10.5. The van der Waals surface area contributed by atoms with Crippen LogP contribution < -0.4 is 5.73 Å². The highest BCUT2D eigenvalue weighted by atomic mass is 16.3. The van der Waals surface area contributed by atoms with E-state index in [0.29, 0.717) is 5.41 Å². The molecule has 1 aliphatic carbocycles. The average Bonchev–Trinajstić information content (AvgIpc) is 2.76. The van der Waals surface area contributed by atoms with E-state index >= 15 is 0 Å². The lowest BCUT2D eigenvalue weighted by atomic mass is 9.63. The molecule has 0 amide bonds.